The molecule has 0 N–H and O–H groups in total. The van der Waals surface area contributed by atoms with Crippen molar-refractivity contribution < 1.29 is 9.53 Å². The van der Waals surface area contributed by atoms with Crippen LogP contribution in [0.1, 0.15) is 42.3 Å². The summed E-state index contributed by atoms with van der Waals surface area (Å²) in [5, 5.41) is 4.44. The zero-order valence-electron chi connectivity index (χ0n) is 14.3. The average Bonchev–Trinajstić information content (AvgIpc) is 2.54. The SMILES string of the molecule is COC(=O)c1ccc(CCc2cnn(C(C)(C)C)c(=O)c2Cl)cc1. The van der Waals surface area contributed by atoms with Gasteiger partial charge < -0.3 is 4.74 Å². The molecule has 24 heavy (non-hydrogen) atoms. The van der Waals surface area contributed by atoms with Gasteiger partial charge in [0.25, 0.3) is 5.56 Å². The third-order valence-electron chi connectivity index (χ3n) is 3.68. The van der Waals surface area contributed by atoms with Crippen LogP contribution in [0, 0.1) is 0 Å². The molecular weight excluding hydrogens is 328 g/mol. The van der Waals surface area contributed by atoms with Crippen molar-refractivity contribution in [3.05, 3.63) is 62.5 Å². The maximum Gasteiger partial charge on any atom is 0.337 e. The number of carbonyl (C=O) groups excluding carboxylic acids is 1. The van der Waals surface area contributed by atoms with Crippen LogP contribution in [0.2, 0.25) is 5.02 Å². The van der Waals surface area contributed by atoms with E-state index in [1.807, 2.05) is 32.9 Å². The highest BCUT2D eigenvalue weighted by atomic mass is 35.5. The molecule has 6 heteroatoms. The van der Waals surface area contributed by atoms with Crippen LogP contribution in [-0.2, 0) is 23.1 Å². The summed E-state index contributed by atoms with van der Waals surface area (Å²) in [6.07, 6.45) is 2.95. The van der Waals surface area contributed by atoms with Crippen LogP contribution in [0.5, 0.6) is 0 Å². The van der Waals surface area contributed by atoms with Gasteiger partial charge in [-0.05, 0) is 56.9 Å². The van der Waals surface area contributed by atoms with Crippen LogP contribution in [0.4, 0.5) is 0 Å². The lowest BCUT2D eigenvalue weighted by atomic mass is 10.0. The number of ether oxygens (including phenoxy) is 1. The van der Waals surface area contributed by atoms with Crippen molar-refractivity contribution in [2.45, 2.75) is 39.2 Å². The number of benzene rings is 1. The van der Waals surface area contributed by atoms with Crippen molar-refractivity contribution >= 4 is 17.6 Å². The molecule has 0 saturated carbocycles. The number of halogens is 1. The standard InChI is InChI=1S/C18H21ClN2O3/c1-18(2,3)21-16(22)15(19)14(11-20-21)10-7-12-5-8-13(9-6-12)17(23)24-4/h5-6,8-9,11H,7,10H2,1-4H3. The molecule has 0 aliphatic heterocycles. The number of hydrogen-bond donors (Lipinski definition) is 0. The quantitative estimate of drug-likeness (QED) is 0.796. The van der Waals surface area contributed by atoms with Gasteiger partial charge in [-0.1, -0.05) is 23.7 Å². The Labute approximate surface area is 146 Å². The number of aryl methyl sites for hydroxylation is 2. The van der Waals surface area contributed by atoms with Gasteiger partial charge in [-0.15, -0.1) is 0 Å². The van der Waals surface area contributed by atoms with Crippen LogP contribution in [-0.4, -0.2) is 22.9 Å². The van der Waals surface area contributed by atoms with Gasteiger partial charge in [0.2, 0.25) is 0 Å². The minimum atomic E-state index is -0.414. The third-order valence-corrected chi connectivity index (χ3v) is 4.09. The summed E-state index contributed by atoms with van der Waals surface area (Å²) < 4.78 is 6.06. The van der Waals surface area contributed by atoms with Gasteiger partial charge in [0.15, 0.2) is 0 Å². The van der Waals surface area contributed by atoms with E-state index in [1.54, 1.807) is 18.3 Å². The van der Waals surface area contributed by atoms with Gasteiger partial charge in [-0.2, -0.15) is 5.10 Å². The molecule has 128 valence electrons. The van der Waals surface area contributed by atoms with Crippen molar-refractivity contribution in [2.75, 3.05) is 7.11 Å². The first-order valence-corrected chi connectivity index (χ1v) is 8.06. The maximum atomic E-state index is 12.3. The van der Waals surface area contributed by atoms with Crippen molar-refractivity contribution in [3.63, 3.8) is 0 Å². The number of esters is 1. The number of aromatic nitrogens is 2. The van der Waals surface area contributed by atoms with E-state index in [-0.39, 0.29) is 16.6 Å². The van der Waals surface area contributed by atoms with E-state index < -0.39 is 5.54 Å². The van der Waals surface area contributed by atoms with Crippen molar-refractivity contribution in [3.8, 4) is 0 Å². The second-order valence-electron chi connectivity index (χ2n) is 6.56. The Bertz CT molecular complexity index is 789. The Morgan fingerprint density at radius 2 is 1.83 bits per heavy atom. The Kier molecular flexibility index (Phi) is 5.44. The fourth-order valence-electron chi connectivity index (χ4n) is 2.32. The molecule has 1 heterocycles. The summed E-state index contributed by atoms with van der Waals surface area (Å²) in [6.45, 7) is 5.71. The van der Waals surface area contributed by atoms with Crippen LogP contribution in [0.25, 0.3) is 0 Å². The number of carbonyl (C=O) groups is 1. The van der Waals surface area contributed by atoms with Crippen LogP contribution in [0.15, 0.2) is 35.3 Å². The minimum Gasteiger partial charge on any atom is -0.465 e. The molecule has 0 fully saturated rings. The van der Waals surface area contributed by atoms with Gasteiger partial charge in [0.1, 0.15) is 5.02 Å². The van der Waals surface area contributed by atoms with E-state index in [9.17, 15) is 9.59 Å². The molecule has 0 atom stereocenters. The molecule has 5 nitrogen and oxygen atoms in total. The maximum absolute atomic E-state index is 12.3. The van der Waals surface area contributed by atoms with E-state index in [4.69, 9.17) is 11.6 Å². The zero-order valence-corrected chi connectivity index (χ0v) is 15.1. The first-order valence-electron chi connectivity index (χ1n) is 7.68. The fraction of sp³-hybridized carbons (Fsp3) is 0.389. The second kappa shape index (κ2) is 7.18. The zero-order chi connectivity index (χ0) is 17.9. The minimum absolute atomic E-state index is 0.214. The largest absolute Gasteiger partial charge is 0.465 e. The Morgan fingerprint density at radius 1 is 1.21 bits per heavy atom. The summed E-state index contributed by atoms with van der Waals surface area (Å²) in [6, 6.07) is 7.17. The molecule has 0 bridgehead atoms. The third kappa shape index (κ3) is 4.03. The summed E-state index contributed by atoms with van der Waals surface area (Å²) in [5.41, 5.74) is 1.58. The normalized spacial score (nSPS) is 11.4. The first kappa shape index (κ1) is 18.2. The highest BCUT2D eigenvalue weighted by molar-refractivity contribution is 6.31. The molecule has 0 aliphatic rings. The molecule has 0 aliphatic carbocycles. The van der Waals surface area contributed by atoms with Gasteiger partial charge in [-0.3, -0.25) is 4.79 Å². The Balaban J connectivity index is 2.14. The molecule has 0 radical (unpaired) electrons. The van der Waals surface area contributed by atoms with Gasteiger partial charge in [0, 0.05) is 0 Å². The predicted octanol–water partition coefficient (Wildman–Crippen LogP) is 3.22. The van der Waals surface area contributed by atoms with Gasteiger partial charge in [0.05, 0.1) is 24.4 Å². The second-order valence-corrected chi connectivity index (χ2v) is 6.94. The molecule has 2 aromatic rings. The van der Waals surface area contributed by atoms with Gasteiger partial charge in [-0.25, -0.2) is 9.48 Å². The Morgan fingerprint density at radius 3 is 2.38 bits per heavy atom. The summed E-state index contributed by atoms with van der Waals surface area (Å²) in [4.78, 5) is 23.7. The van der Waals surface area contributed by atoms with Gasteiger partial charge >= 0.3 is 5.97 Å². The molecule has 0 unspecified atom stereocenters. The molecule has 0 saturated heterocycles. The average molecular weight is 349 g/mol. The summed E-state index contributed by atoms with van der Waals surface area (Å²) >= 11 is 6.22. The number of methoxy groups -OCH3 is 1. The lowest BCUT2D eigenvalue weighted by molar-refractivity contribution is 0.0600. The number of rotatable bonds is 4. The first-order chi connectivity index (χ1) is 11.2. The molecule has 0 spiro atoms. The number of nitrogens with zero attached hydrogens (tertiary/aromatic N) is 2. The molecule has 1 aromatic carbocycles. The van der Waals surface area contributed by atoms with Crippen molar-refractivity contribution in [1.29, 1.82) is 0 Å². The summed E-state index contributed by atoms with van der Waals surface area (Å²) in [7, 11) is 1.35. The fourth-order valence-corrected chi connectivity index (χ4v) is 2.55. The Hall–Kier alpha value is -2.14. The molecule has 2 rings (SSSR count). The van der Waals surface area contributed by atoms with E-state index in [2.05, 4.69) is 9.84 Å². The lowest BCUT2D eigenvalue weighted by Gasteiger charge is -2.21. The molecular formula is C18H21ClN2O3. The van der Waals surface area contributed by atoms with E-state index in [0.717, 1.165) is 11.1 Å². The highest BCUT2D eigenvalue weighted by Gasteiger charge is 2.19. The van der Waals surface area contributed by atoms with Crippen molar-refractivity contribution in [2.24, 2.45) is 0 Å². The van der Waals surface area contributed by atoms with Crippen molar-refractivity contribution in [1.82, 2.24) is 9.78 Å². The summed E-state index contributed by atoms with van der Waals surface area (Å²) in [5.74, 6) is -0.361. The van der Waals surface area contributed by atoms with Crippen LogP contribution in [0.3, 0.4) is 0 Å². The van der Waals surface area contributed by atoms with Crippen LogP contribution >= 0.6 is 11.6 Å². The topological polar surface area (TPSA) is 61.2 Å². The predicted molar refractivity (Wildman–Crippen MR) is 93.7 cm³/mol. The van der Waals surface area contributed by atoms with E-state index in [1.165, 1.54) is 11.8 Å². The highest BCUT2D eigenvalue weighted by Crippen LogP contribution is 2.16. The molecule has 0 amide bonds. The van der Waals surface area contributed by atoms with E-state index >= 15 is 0 Å². The molecule has 1 aromatic heterocycles. The number of hydrogen-bond acceptors (Lipinski definition) is 4. The lowest BCUT2D eigenvalue weighted by Crippen LogP contribution is -2.36. The monoisotopic (exact) mass is 348 g/mol. The smallest absolute Gasteiger partial charge is 0.337 e. The van der Waals surface area contributed by atoms with Crippen LogP contribution < -0.4 is 5.56 Å². The van der Waals surface area contributed by atoms with E-state index in [0.29, 0.717) is 18.4 Å².